The number of hydrogen-bond acceptors (Lipinski definition) is 3. The molecular weight excluding hydrogens is 246 g/mol. The van der Waals surface area contributed by atoms with Gasteiger partial charge < -0.3 is 14.7 Å². The smallest absolute Gasteiger partial charge is 0.326 e. The Morgan fingerprint density at radius 1 is 1.37 bits per heavy atom. The van der Waals surface area contributed by atoms with Crippen molar-refractivity contribution in [2.75, 3.05) is 13.7 Å². The first-order chi connectivity index (χ1) is 9.15. The number of amides is 1. The van der Waals surface area contributed by atoms with Gasteiger partial charge >= 0.3 is 5.97 Å². The van der Waals surface area contributed by atoms with Crippen LogP contribution in [0.1, 0.15) is 24.5 Å². The fourth-order valence-electron chi connectivity index (χ4n) is 2.45. The normalized spacial score (nSPS) is 20.3. The molecule has 0 bridgehead atoms. The molecule has 2 rings (SSSR count). The Morgan fingerprint density at radius 3 is 2.63 bits per heavy atom. The van der Waals surface area contributed by atoms with Crippen LogP contribution in [0.4, 0.5) is 0 Å². The Balaban J connectivity index is 2.19. The third-order valence-electron chi connectivity index (χ3n) is 3.38. The third kappa shape index (κ3) is 2.76. The highest BCUT2D eigenvalue weighted by molar-refractivity contribution is 5.87. The summed E-state index contributed by atoms with van der Waals surface area (Å²) in [5, 5.41) is 9.12. The first-order valence-electron chi connectivity index (χ1n) is 6.26. The van der Waals surface area contributed by atoms with Crippen LogP contribution in [-0.4, -0.2) is 41.6 Å². The number of carbonyl (C=O) groups excluding carboxylic acids is 1. The summed E-state index contributed by atoms with van der Waals surface area (Å²) in [4.78, 5) is 25.0. The predicted octanol–water partition coefficient (Wildman–Crippen LogP) is 1.45. The van der Waals surface area contributed by atoms with Crippen LogP contribution in [0, 0.1) is 0 Å². The van der Waals surface area contributed by atoms with E-state index < -0.39 is 18.1 Å². The molecule has 0 saturated carbocycles. The number of ether oxygens (including phenoxy) is 1. The summed E-state index contributed by atoms with van der Waals surface area (Å²) in [6.07, 6.45) is 0.487. The van der Waals surface area contributed by atoms with Crippen molar-refractivity contribution in [1.82, 2.24) is 4.90 Å². The maximum absolute atomic E-state index is 12.4. The molecule has 5 heteroatoms. The molecule has 5 nitrogen and oxygen atoms in total. The first-order valence-corrected chi connectivity index (χ1v) is 6.26. The lowest BCUT2D eigenvalue weighted by atomic mass is 10.1. The van der Waals surface area contributed by atoms with Gasteiger partial charge in [0.05, 0.1) is 0 Å². The maximum Gasteiger partial charge on any atom is 0.326 e. The summed E-state index contributed by atoms with van der Waals surface area (Å²) in [7, 11) is 1.46. The van der Waals surface area contributed by atoms with E-state index in [4.69, 9.17) is 9.84 Å². The summed E-state index contributed by atoms with van der Waals surface area (Å²) in [5.74, 6) is -1.23. The minimum atomic E-state index is -0.950. The minimum absolute atomic E-state index is 0.279. The number of carboxylic acid groups (broad SMARTS) is 1. The van der Waals surface area contributed by atoms with Gasteiger partial charge in [-0.2, -0.15) is 0 Å². The molecule has 0 spiro atoms. The molecule has 1 aromatic rings. The van der Waals surface area contributed by atoms with Crippen LogP contribution in [0.3, 0.4) is 0 Å². The van der Waals surface area contributed by atoms with E-state index in [0.717, 1.165) is 5.56 Å². The van der Waals surface area contributed by atoms with Gasteiger partial charge in [0.25, 0.3) is 5.91 Å². The SMILES string of the molecule is COC(C(=O)N1CCCC1C(=O)O)c1ccccc1. The zero-order valence-electron chi connectivity index (χ0n) is 10.8. The average molecular weight is 263 g/mol. The molecule has 1 saturated heterocycles. The van der Waals surface area contributed by atoms with Crippen molar-refractivity contribution in [3.05, 3.63) is 35.9 Å². The molecule has 0 aromatic heterocycles. The summed E-state index contributed by atoms with van der Waals surface area (Å²) >= 11 is 0. The van der Waals surface area contributed by atoms with Gasteiger partial charge in [0.2, 0.25) is 0 Å². The standard InChI is InChI=1S/C14H17NO4/c1-19-12(10-6-3-2-4-7-10)13(16)15-9-5-8-11(15)14(17)18/h2-4,6-7,11-12H,5,8-9H2,1H3,(H,17,18). The fraction of sp³-hybridized carbons (Fsp3) is 0.429. The number of nitrogens with zero attached hydrogens (tertiary/aromatic N) is 1. The van der Waals surface area contributed by atoms with Crippen molar-refractivity contribution in [1.29, 1.82) is 0 Å². The van der Waals surface area contributed by atoms with Crippen LogP contribution in [0.25, 0.3) is 0 Å². The number of rotatable bonds is 4. The van der Waals surface area contributed by atoms with Crippen molar-refractivity contribution in [2.24, 2.45) is 0 Å². The number of likely N-dealkylation sites (tertiary alicyclic amines) is 1. The third-order valence-corrected chi connectivity index (χ3v) is 3.38. The monoisotopic (exact) mass is 263 g/mol. The lowest BCUT2D eigenvalue weighted by molar-refractivity contribution is -0.153. The Bertz CT molecular complexity index is 460. The molecule has 1 N–H and O–H groups in total. The van der Waals surface area contributed by atoms with Crippen molar-refractivity contribution in [2.45, 2.75) is 25.0 Å². The Kier molecular flexibility index (Phi) is 4.16. The fourth-order valence-corrected chi connectivity index (χ4v) is 2.45. The van der Waals surface area contributed by atoms with Crippen molar-refractivity contribution >= 4 is 11.9 Å². The molecule has 0 aliphatic carbocycles. The van der Waals surface area contributed by atoms with Gasteiger partial charge in [0, 0.05) is 13.7 Å². The molecule has 102 valence electrons. The van der Waals surface area contributed by atoms with Gasteiger partial charge in [-0.1, -0.05) is 30.3 Å². The lowest BCUT2D eigenvalue weighted by Gasteiger charge is -2.26. The van der Waals surface area contributed by atoms with Gasteiger partial charge in [-0.05, 0) is 18.4 Å². The van der Waals surface area contributed by atoms with Crippen molar-refractivity contribution in [3.8, 4) is 0 Å². The van der Waals surface area contributed by atoms with E-state index >= 15 is 0 Å². The summed E-state index contributed by atoms with van der Waals surface area (Å²) in [6.45, 7) is 0.475. The highest BCUT2D eigenvalue weighted by Gasteiger charge is 2.37. The van der Waals surface area contributed by atoms with E-state index in [1.54, 1.807) is 12.1 Å². The topological polar surface area (TPSA) is 66.8 Å². The van der Waals surface area contributed by atoms with Crippen LogP contribution in [0.5, 0.6) is 0 Å². The minimum Gasteiger partial charge on any atom is -0.480 e. The van der Waals surface area contributed by atoms with Gasteiger partial charge in [-0.25, -0.2) is 4.79 Å². The number of benzene rings is 1. The molecule has 1 amide bonds. The highest BCUT2D eigenvalue weighted by Crippen LogP contribution is 2.25. The molecule has 1 aliphatic rings. The van der Waals surface area contributed by atoms with Crippen LogP contribution < -0.4 is 0 Å². The van der Waals surface area contributed by atoms with E-state index in [9.17, 15) is 9.59 Å². The average Bonchev–Trinajstić information content (AvgIpc) is 2.90. The molecule has 0 radical (unpaired) electrons. The summed E-state index contributed by atoms with van der Waals surface area (Å²) < 4.78 is 5.25. The molecule has 1 aromatic carbocycles. The summed E-state index contributed by atoms with van der Waals surface area (Å²) in [5.41, 5.74) is 0.742. The van der Waals surface area contributed by atoms with E-state index in [2.05, 4.69) is 0 Å². The van der Waals surface area contributed by atoms with Gasteiger partial charge in [0.15, 0.2) is 6.10 Å². The van der Waals surface area contributed by atoms with Crippen molar-refractivity contribution < 1.29 is 19.4 Å². The Morgan fingerprint density at radius 2 is 2.05 bits per heavy atom. The van der Waals surface area contributed by atoms with Crippen LogP contribution in [-0.2, 0) is 14.3 Å². The molecule has 1 aliphatic heterocycles. The van der Waals surface area contributed by atoms with Crippen molar-refractivity contribution in [3.63, 3.8) is 0 Å². The van der Waals surface area contributed by atoms with Crippen LogP contribution in [0.15, 0.2) is 30.3 Å². The van der Waals surface area contributed by atoms with E-state index in [0.29, 0.717) is 19.4 Å². The van der Waals surface area contributed by atoms with Gasteiger partial charge in [-0.3, -0.25) is 4.79 Å². The summed E-state index contributed by atoms with van der Waals surface area (Å²) in [6, 6.07) is 8.39. The highest BCUT2D eigenvalue weighted by atomic mass is 16.5. The van der Waals surface area contributed by atoms with Crippen LogP contribution in [0.2, 0.25) is 0 Å². The van der Waals surface area contributed by atoms with E-state index in [-0.39, 0.29) is 5.91 Å². The lowest BCUT2D eigenvalue weighted by Crippen LogP contribution is -2.43. The molecule has 2 atom stereocenters. The molecule has 2 unspecified atom stereocenters. The zero-order valence-corrected chi connectivity index (χ0v) is 10.8. The first kappa shape index (κ1) is 13.5. The zero-order chi connectivity index (χ0) is 13.8. The van der Waals surface area contributed by atoms with E-state index in [1.807, 2.05) is 18.2 Å². The second kappa shape index (κ2) is 5.84. The number of methoxy groups -OCH3 is 1. The Labute approximate surface area is 111 Å². The second-order valence-corrected chi connectivity index (χ2v) is 4.55. The predicted molar refractivity (Wildman–Crippen MR) is 68.6 cm³/mol. The largest absolute Gasteiger partial charge is 0.480 e. The molecule has 1 heterocycles. The number of carboxylic acids is 1. The van der Waals surface area contributed by atoms with Crippen LogP contribution >= 0.6 is 0 Å². The second-order valence-electron chi connectivity index (χ2n) is 4.55. The maximum atomic E-state index is 12.4. The number of hydrogen-bond donors (Lipinski definition) is 1. The van der Waals surface area contributed by atoms with Gasteiger partial charge in [0.1, 0.15) is 6.04 Å². The number of carbonyl (C=O) groups is 2. The quantitative estimate of drug-likeness (QED) is 0.892. The molecular formula is C14H17NO4. The Hall–Kier alpha value is -1.88. The molecule has 19 heavy (non-hydrogen) atoms. The molecule has 1 fully saturated rings. The van der Waals surface area contributed by atoms with E-state index in [1.165, 1.54) is 12.0 Å². The van der Waals surface area contributed by atoms with Gasteiger partial charge in [-0.15, -0.1) is 0 Å². The number of aliphatic carboxylic acids is 1.